The number of rotatable bonds is 5. The fourth-order valence-corrected chi connectivity index (χ4v) is 0.868. The zero-order chi connectivity index (χ0) is 15.1. The van der Waals surface area contributed by atoms with E-state index in [1.54, 1.807) is 13.7 Å². The molecule has 0 heterocycles. The van der Waals surface area contributed by atoms with Crippen molar-refractivity contribution in [1.29, 1.82) is 0 Å². The smallest absolute Gasteiger partial charge is 0 e. The van der Waals surface area contributed by atoms with Crippen LogP contribution >= 0.6 is 0 Å². The summed E-state index contributed by atoms with van der Waals surface area (Å²) in [5, 5.41) is 0. The van der Waals surface area contributed by atoms with Crippen molar-refractivity contribution in [2.75, 3.05) is 21.2 Å². The number of ether oxygens (including phenoxy) is 1. The van der Waals surface area contributed by atoms with E-state index in [2.05, 4.69) is 71.1 Å². The van der Waals surface area contributed by atoms with Gasteiger partial charge in [0, 0.05) is 0 Å². The van der Waals surface area contributed by atoms with E-state index in [0.29, 0.717) is 11.8 Å². The van der Waals surface area contributed by atoms with Gasteiger partial charge in [0.25, 0.3) is 0 Å². The van der Waals surface area contributed by atoms with Gasteiger partial charge in [-0.3, -0.25) is 6.54 Å². The fraction of sp³-hybridized carbons (Fsp3) is 0.850. The van der Waals surface area contributed by atoms with Crippen LogP contribution in [0, 0.1) is 37.3 Å². The third kappa shape index (κ3) is 214. The second-order valence-corrected chi connectivity index (χ2v) is 5.55. The summed E-state index contributed by atoms with van der Waals surface area (Å²) >= 11 is 0. The maximum absolute atomic E-state index is 4.68. The molecule has 0 aromatic rings. The molecule has 2 nitrogen and oxygen atoms in total. The first-order valence-electron chi connectivity index (χ1n) is 6.84. The quantitative estimate of drug-likeness (QED) is 0.270. The van der Waals surface area contributed by atoms with Crippen molar-refractivity contribution in [2.45, 2.75) is 78.2 Å². The minimum Gasteiger partial charge on any atom is -0.554 e. The molecule has 152 valence electrons. The first-order chi connectivity index (χ1) is 8.17. The molecule has 0 aliphatic carbocycles. The number of hydrogen-bond acceptors (Lipinski definition) is 2. The van der Waals surface area contributed by atoms with Gasteiger partial charge in [-0.2, -0.15) is 24.7 Å². The Balaban J connectivity index is -0.0000000149. The van der Waals surface area contributed by atoms with E-state index in [4.69, 9.17) is 0 Å². The van der Waals surface area contributed by atoms with Crippen LogP contribution in [-0.4, -0.2) is 26.1 Å². The molecule has 0 rings (SSSR count). The molecular weight excluding hydrogens is 1070 g/mol. The van der Waals surface area contributed by atoms with E-state index in [9.17, 15) is 0 Å². The second-order valence-electron chi connectivity index (χ2n) is 5.55. The van der Waals surface area contributed by atoms with Crippen molar-refractivity contribution in [3.8, 4) is 0 Å². The third-order valence-electron chi connectivity index (χ3n) is 1.67. The van der Waals surface area contributed by atoms with Gasteiger partial charge in [-0.05, 0) is 21.2 Å². The largest absolute Gasteiger partial charge is 0.554 e. The van der Waals surface area contributed by atoms with Gasteiger partial charge in [0.1, 0.15) is 0 Å². The summed E-state index contributed by atoms with van der Waals surface area (Å²) in [5.74, 6) is 1.99. The molecule has 0 fully saturated rings. The van der Waals surface area contributed by atoms with Crippen LogP contribution < -0.4 is 0 Å². The summed E-state index contributed by atoms with van der Waals surface area (Å²) < 4.78 is 4.68. The maximum Gasteiger partial charge on any atom is 0 e. The van der Waals surface area contributed by atoms with E-state index >= 15 is 0 Å². The van der Waals surface area contributed by atoms with Crippen molar-refractivity contribution >= 4 is 0 Å². The van der Waals surface area contributed by atoms with Crippen molar-refractivity contribution in [3.05, 3.63) is 19.6 Å². The summed E-state index contributed by atoms with van der Waals surface area (Å²) in [5.41, 5.74) is 0. The van der Waals surface area contributed by atoms with E-state index in [0.717, 1.165) is 5.92 Å². The zero-order valence-corrected chi connectivity index (χ0v) is 35.6. The standard InChI is InChI=1S/C6H14N.C5H11O.C5H11.4CH4.3Rf/c1-6(2)5-7(3)4;1-5(2)4-6-3;1-4-5(2)3;;;;;;;/h5-6H,1-4H3;4-5H,1-3H3;4-5H,1-3H3;4*1H4;;;/q3*-1;;;;;;;. The third-order valence-corrected chi connectivity index (χ3v) is 1.67. The van der Waals surface area contributed by atoms with E-state index in [-0.39, 0.29) is 29.7 Å². The molecule has 0 amide bonds. The van der Waals surface area contributed by atoms with Crippen LogP contribution in [0.15, 0.2) is 0 Å². The van der Waals surface area contributed by atoms with Gasteiger partial charge in [-0.25, -0.2) is 6.61 Å². The summed E-state index contributed by atoms with van der Waals surface area (Å²) in [4.78, 5) is 2.07. The normalized spacial score (nSPS) is 7.44. The molecular formula is C20H52NORf3-3. The van der Waals surface area contributed by atoms with Crippen LogP contribution in [0.3, 0.4) is 0 Å². The monoisotopic (exact) mass is 1120 g/mol. The molecule has 0 aliphatic heterocycles. The molecule has 0 aromatic carbocycles. The van der Waals surface area contributed by atoms with Crippen LogP contribution in [-0.2, 0) is 4.74 Å². The van der Waals surface area contributed by atoms with Gasteiger partial charge in [0.15, 0.2) is 0 Å². The zero-order valence-electron chi connectivity index (χ0n) is 16.4. The maximum atomic E-state index is 4.68. The average molecular weight is 1120 g/mol. The second kappa shape index (κ2) is 49.7. The molecule has 0 saturated carbocycles. The fourth-order valence-electron chi connectivity index (χ4n) is 0.868. The van der Waals surface area contributed by atoms with E-state index < -0.39 is 0 Å². The molecule has 0 saturated heterocycles. The van der Waals surface area contributed by atoms with Crippen molar-refractivity contribution in [2.24, 2.45) is 17.8 Å². The first kappa shape index (κ1) is 67.5. The van der Waals surface area contributed by atoms with Gasteiger partial charge in [-0.1, -0.05) is 71.2 Å². The Morgan fingerprint density at radius 1 is 0.680 bits per heavy atom. The Morgan fingerprint density at radius 2 is 0.960 bits per heavy atom. The molecule has 25 heavy (non-hydrogen) atoms. The van der Waals surface area contributed by atoms with Crippen LogP contribution in [0.1, 0.15) is 78.2 Å². The SMILES string of the molecule is C.C.C.C.CC(C)[CH-]N(C)C.CO[CH-]C(C)C.C[CH-]C(C)C.[Rf].[Rf].[Rf]. The molecule has 5 heteroatoms. The Morgan fingerprint density at radius 3 is 0.960 bits per heavy atom. The van der Waals surface area contributed by atoms with Gasteiger partial charge in [0.05, 0.1) is 0 Å². The van der Waals surface area contributed by atoms with Crippen LogP contribution in [0.2, 0.25) is 0 Å². The van der Waals surface area contributed by atoms with Crippen LogP contribution in [0.4, 0.5) is 0 Å². The van der Waals surface area contributed by atoms with Gasteiger partial charge in [-0.15, -0.1) is 0 Å². The molecule has 0 atom stereocenters. The molecule has 0 aliphatic rings. The Hall–Kier alpha value is -3.08. The Bertz CT molecular complexity index is 139. The minimum atomic E-state index is 0. The molecule has 0 aromatic heterocycles. The van der Waals surface area contributed by atoms with Crippen LogP contribution in [0.5, 0.6) is 0 Å². The molecule has 0 bridgehead atoms. The van der Waals surface area contributed by atoms with E-state index in [1.165, 1.54) is 0 Å². The number of methoxy groups -OCH3 is 1. The molecule has 0 radical (unpaired) electrons. The first-order valence-corrected chi connectivity index (χ1v) is 6.84. The van der Waals surface area contributed by atoms with Gasteiger partial charge < -0.3 is 16.1 Å². The van der Waals surface area contributed by atoms with Crippen LogP contribution in [0.25, 0.3) is 0 Å². The average Bonchev–Trinajstić information content (AvgIpc) is 2.16. The van der Waals surface area contributed by atoms with Crippen molar-refractivity contribution in [3.63, 3.8) is 0 Å². The number of hydrogen-bond donors (Lipinski definition) is 0. The van der Waals surface area contributed by atoms with Crippen molar-refractivity contribution in [1.82, 2.24) is 4.90 Å². The summed E-state index contributed by atoms with van der Waals surface area (Å²) in [6, 6.07) is 0. The molecule has 0 unspecified atom stereocenters. The predicted molar refractivity (Wildman–Crippen MR) is 111 cm³/mol. The minimum absolute atomic E-state index is 0. The summed E-state index contributed by atoms with van der Waals surface area (Å²) in [6.45, 7) is 18.8. The summed E-state index contributed by atoms with van der Waals surface area (Å²) in [7, 11) is 5.75. The molecule has 0 N–H and O–H groups in total. The Labute approximate surface area is 147 Å². The van der Waals surface area contributed by atoms with Gasteiger partial charge in [0.2, 0.25) is 0 Å². The Kier molecular flexibility index (Phi) is 134. The van der Waals surface area contributed by atoms with E-state index in [1.807, 2.05) is 14.1 Å². The van der Waals surface area contributed by atoms with Gasteiger partial charge >= 0.3 is 0 Å². The molecule has 0 spiro atoms. The summed E-state index contributed by atoms with van der Waals surface area (Å²) in [6.07, 6.45) is 2.17. The van der Waals surface area contributed by atoms with Crippen molar-refractivity contribution < 1.29 is 4.74 Å². The topological polar surface area (TPSA) is 12.5 Å². The number of nitrogens with zero attached hydrogens (tertiary/aromatic N) is 1. The predicted octanol–water partition coefficient (Wildman–Crippen LogP) is 7.23.